The lowest BCUT2D eigenvalue weighted by molar-refractivity contribution is -0.166. The van der Waals surface area contributed by atoms with E-state index in [0.717, 1.165) is 83.5 Å². The highest BCUT2D eigenvalue weighted by atomic mass is 16.6. The predicted molar refractivity (Wildman–Crippen MR) is 196 cm³/mol. The molecular weight excluding hydrogens is 588 g/mol. The molecule has 0 spiro atoms. The van der Waals surface area contributed by atoms with E-state index < -0.39 is 12.1 Å². The molecule has 0 heterocycles. The number of hydrogen-bond donors (Lipinski definition) is 0. The van der Waals surface area contributed by atoms with E-state index in [2.05, 4.69) is 62.5 Å². The highest BCUT2D eigenvalue weighted by Crippen LogP contribution is 2.11. The molecule has 6 nitrogen and oxygen atoms in total. The summed E-state index contributed by atoms with van der Waals surface area (Å²) in [6.07, 6.45) is 42.6. The zero-order chi connectivity index (χ0) is 34.5. The first-order valence-corrected chi connectivity index (χ1v) is 19.1. The van der Waals surface area contributed by atoms with Gasteiger partial charge in [0.25, 0.3) is 0 Å². The fourth-order valence-electron chi connectivity index (χ4n) is 4.99. The first kappa shape index (κ1) is 44.4. The molecule has 0 aromatic heterocycles. The Morgan fingerprint density at radius 3 is 1.30 bits per heavy atom. The van der Waals surface area contributed by atoms with Gasteiger partial charge in [0, 0.05) is 19.8 Å². The van der Waals surface area contributed by atoms with E-state index in [0.29, 0.717) is 12.8 Å². The minimum absolute atomic E-state index is 0.0969. The van der Waals surface area contributed by atoms with Gasteiger partial charge in [-0.3, -0.25) is 14.4 Å². The molecule has 0 saturated heterocycles. The third-order valence-electron chi connectivity index (χ3n) is 7.86. The average molecular weight is 659 g/mol. The Morgan fingerprint density at radius 1 is 0.468 bits per heavy atom. The molecule has 0 rings (SSSR count). The first-order valence-electron chi connectivity index (χ1n) is 19.1. The third-order valence-corrected chi connectivity index (χ3v) is 7.86. The molecule has 0 radical (unpaired) electrons. The number of hydrogen-bond acceptors (Lipinski definition) is 6. The predicted octanol–water partition coefficient (Wildman–Crippen LogP) is 11.6. The van der Waals surface area contributed by atoms with Crippen LogP contribution in [0.2, 0.25) is 0 Å². The van der Waals surface area contributed by atoms with Crippen molar-refractivity contribution in [1.29, 1.82) is 0 Å². The second kappa shape index (κ2) is 36.2. The molecule has 0 aliphatic rings. The zero-order valence-corrected chi connectivity index (χ0v) is 30.5. The summed E-state index contributed by atoms with van der Waals surface area (Å²) in [5.74, 6) is -1.12. The normalized spacial score (nSPS) is 12.5. The van der Waals surface area contributed by atoms with E-state index >= 15 is 0 Å². The maximum absolute atomic E-state index is 12.4. The minimum Gasteiger partial charge on any atom is -0.462 e. The Hall–Kier alpha value is -2.63. The van der Waals surface area contributed by atoms with Gasteiger partial charge in [-0.05, 0) is 77.0 Å². The Balaban J connectivity index is 3.93. The molecule has 47 heavy (non-hydrogen) atoms. The number of esters is 3. The molecule has 0 amide bonds. The van der Waals surface area contributed by atoms with Crippen LogP contribution in [-0.2, 0) is 28.6 Å². The van der Waals surface area contributed by atoms with Crippen molar-refractivity contribution in [2.75, 3.05) is 13.2 Å². The van der Waals surface area contributed by atoms with Crippen LogP contribution in [0.4, 0.5) is 0 Å². The molecule has 1 unspecified atom stereocenters. The van der Waals surface area contributed by atoms with Gasteiger partial charge in [-0.15, -0.1) is 0 Å². The molecule has 0 aromatic carbocycles. The lowest BCUT2D eigenvalue weighted by Gasteiger charge is -2.17. The molecule has 0 N–H and O–H groups in total. The van der Waals surface area contributed by atoms with Gasteiger partial charge >= 0.3 is 17.9 Å². The molecular formula is C41H70O6. The molecule has 0 aliphatic heterocycles. The number of unbranched alkanes of at least 4 members (excludes halogenated alkanes) is 16. The van der Waals surface area contributed by atoms with E-state index in [1.54, 1.807) is 0 Å². The Labute approximate surface area is 288 Å². The number of allylic oxidation sites excluding steroid dienone is 8. The van der Waals surface area contributed by atoms with Crippen LogP contribution in [-0.4, -0.2) is 37.2 Å². The lowest BCUT2D eigenvalue weighted by atomic mass is 10.1. The van der Waals surface area contributed by atoms with E-state index in [4.69, 9.17) is 14.2 Å². The maximum atomic E-state index is 12.4. The van der Waals surface area contributed by atoms with Gasteiger partial charge in [0.1, 0.15) is 13.2 Å². The Kier molecular flexibility index (Phi) is 34.2. The van der Waals surface area contributed by atoms with Crippen LogP contribution >= 0.6 is 0 Å². The molecule has 0 bridgehead atoms. The average Bonchev–Trinajstić information content (AvgIpc) is 3.05. The Bertz CT molecular complexity index is 856. The topological polar surface area (TPSA) is 78.9 Å². The molecule has 270 valence electrons. The van der Waals surface area contributed by atoms with E-state index in [1.165, 1.54) is 64.7 Å². The van der Waals surface area contributed by atoms with Crippen LogP contribution in [0.15, 0.2) is 48.6 Å². The molecule has 0 saturated carbocycles. The summed E-state index contributed by atoms with van der Waals surface area (Å²) < 4.78 is 15.9. The van der Waals surface area contributed by atoms with Crippen molar-refractivity contribution in [2.24, 2.45) is 0 Å². The largest absolute Gasteiger partial charge is 0.462 e. The number of rotatable bonds is 33. The van der Waals surface area contributed by atoms with Crippen molar-refractivity contribution in [2.45, 2.75) is 181 Å². The van der Waals surface area contributed by atoms with Crippen molar-refractivity contribution in [1.82, 2.24) is 0 Å². The van der Waals surface area contributed by atoms with Crippen molar-refractivity contribution in [3.63, 3.8) is 0 Å². The van der Waals surface area contributed by atoms with Crippen LogP contribution < -0.4 is 0 Å². The molecule has 0 aliphatic carbocycles. The standard InChI is InChI=1S/C41H70O6/c1-4-6-8-10-12-14-16-18-20-22-24-26-28-30-32-34-40(43)46-37-39(36-45-38(3)42)47-41(44)35-33-31-29-27-25-23-21-19-17-15-13-11-9-7-5-2/h12-15,18-21,39H,4-11,16-17,22-37H2,1-3H3/b14-12-,15-13-,20-18-,21-19-. The summed E-state index contributed by atoms with van der Waals surface area (Å²) in [7, 11) is 0. The van der Waals surface area contributed by atoms with Crippen molar-refractivity contribution >= 4 is 17.9 Å². The van der Waals surface area contributed by atoms with Gasteiger partial charge in [0.2, 0.25) is 0 Å². The SMILES string of the molecule is CCCCC/C=C\C/C=C\CCCCCCCC(=O)OCC(COC(C)=O)OC(=O)CCCCCCC/C=C\C/C=C\CCCCC. The van der Waals surface area contributed by atoms with Crippen LogP contribution in [0.1, 0.15) is 175 Å². The van der Waals surface area contributed by atoms with Gasteiger partial charge in [0.05, 0.1) is 0 Å². The molecule has 0 aromatic rings. The summed E-state index contributed by atoms with van der Waals surface area (Å²) in [6, 6.07) is 0. The smallest absolute Gasteiger partial charge is 0.306 e. The number of carbonyl (C=O) groups excluding carboxylic acids is 3. The van der Waals surface area contributed by atoms with Crippen LogP contribution in [0.5, 0.6) is 0 Å². The zero-order valence-electron chi connectivity index (χ0n) is 30.5. The molecule has 0 fully saturated rings. The van der Waals surface area contributed by atoms with E-state index in [9.17, 15) is 14.4 Å². The quantitative estimate of drug-likeness (QED) is 0.0302. The fraction of sp³-hybridized carbons (Fsp3) is 0.732. The summed E-state index contributed by atoms with van der Waals surface area (Å²) in [4.78, 5) is 35.9. The monoisotopic (exact) mass is 659 g/mol. The van der Waals surface area contributed by atoms with Crippen LogP contribution in [0.3, 0.4) is 0 Å². The summed E-state index contributed by atoms with van der Waals surface area (Å²) >= 11 is 0. The van der Waals surface area contributed by atoms with Gasteiger partial charge in [-0.1, -0.05) is 127 Å². The van der Waals surface area contributed by atoms with Gasteiger partial charge < -0.3 is 14.2 Å². The second-order valence-corrected chi connectivity index (χ2v) is 12.6. The van der Waals surface area contributed by atoms with Crippen molar-refractivity contribution in [3.8, 4) is 0 Å². The molecule has 6 heteroatoms. The minimum atomic E-state index is -0.780. The van der Waals surface area contributed by atoms with Gasteiger partial charge in [-0.2, -0.15) is 0 Å². The number of ether oxygens (including phenoxy) is 3. The van der Waals surface area contributed by atoms with Crippen molar-refractivity contribution < 1.29 is 28.6 Å². The summed E-state index contributed by atoms with van der Waals surface area (Å²) in [6.45, 7) is 5.56. The van der Waals surface area contributed by atoms with Gasteiger partial charge in [-0.25, -0.2) is 0 Å². The van der Waals surface area contributed by atoms with Crippen LogP contribution in [0.25, 0.3) is 0 Å². The highest BCUT2D eigenvalue weighted by molar-refractivity contribution is 5.70. The van der Waals surface area contributed by atoms with Crippen molar-refractivity contribution in [3.05, 3.63) is 48.6 Å². The number of carbonyl (C=O) groups is 3. The molecule has 1 atom stereocenters. The third kappa shape index (κ3) is 36.1. The summed E-state index contributed by atoms with van der Waals surface area (Å²) in [5.41, 5.74) is 0. The highest BCUT2D eigenvalue weighted by Gasteiger charge is 2.18. The first-order chi connectivity index (χ1) is 23.0. The van der Waals surface area contributed by atoms with E-state index in [1.807, 2.05) is 0 Å². The second-order valence-electron chi connectivity index (χ2n) is 12.6. The lowest BCUT2D eigenvalue weighted by Crippen LogP contribution is -2.30. The summed E-state index contributed by atoms with van der Waals surface area (Å²) in [5, 5.41) is 0. The van der Waals surface area contributed by atoms with Crippen LogP contribution in [0, 0.1) is 0 Å². The maximum Gasteiger partial charge on any atom is 0.306 e. The fourth-order valence-corrected chi connectivity index (χ4v) is 4.99. The van der Waals surface area contributed by atoms with E-state index in [-0.39, 0.29) is 25.2 Å². The Morgan fingerprint density at radius 2 is 0.851 bits per heavy atom. The van der Waals surface area contributed by atoms with Gasteiger partial charge in [0.15, 0.2) is 6.10 Å².